The predicted octanol–water partition coefficient (Wildman–Crippen LogP) is 1.64. The normalized spacial score (nSPS) is 13.8. The SMILES string of the molecule is O=[N+]([O-])c1cnc2c(c1)C(Br)=NC2. The van der Waals surface area contributed by atoms with E-state index in [1.165, 1.54) is 12.3 Å². The van der Waals surface area contributed by atoms with Crippen LogP contribution in [0.5, 0.6) is 0 Å². The largest absolute Gasteiger partial charge is 0.288 e. The molecule has 5 nitrogen and oxygen atoms in total. The summed E-state index contributed by atoms with van der Waals surface area (Å²) in [6.07, 6.45) is 1.25. The molecule has 13 heavy (non-hydrogen) atoms. The van der Waals surface area contributed by atoms with E-state index in [9.17, 15) is 10.1 Å². The van der Waals surface area contributed by atoms with Gasteiger partial charge < -0.3 is 0 Å². The maximum atomic E-state index is 10.4. The van der Waals surface area contributed by atoms with Crippen molar-refractivity contribution in [2.45, 2.75) is 6.54 Å². The van der Waals surface area contributed by atoms with E-state index in [1.807, 2.05) is 0 Å². The Morgan fingerprint density at radius 3 is 3.08 bits per heavy atom. The van der Waals surface area contributed by atoms with Crippen molar-refractivity contribution in [3.05, 3.63) is 33.6 Å². The number of rotatable bonds is 1. The average Bonchev–Trinajstić information content (AvgIpc) is 2.47. The molecule has 2 heterocycles. The van der Waals surface area contributed by atoms with E-state index in [0.717, 1.165) is 5.69 Å². The number of hydrogen-bond donors (Lipinski definition) is 0. The van der Waals surface area contributed by atoms with Crippen molar-refractivity contribution in [3.63, 3.8) is 0 Å². The molecule has 6 heteroatoms. The zero-order chi connectivity index (χ0) is 9.42. The molecule has 0 saturated heterocycles. The van der Waals surface area contributed by atoms with Gasteiger partial charge in [-0.25, -0.2) is 0 Å². The summed E-state index contributed by atoms with van der Waals surface area (Å²) < 4.78 is 0.638. The highest BCUT2D eigenvalue weighted by atomic mass is 79.9. The number of aliphatic imine (C=N–C) groups is 1. The minimum atomic E-state index is -0.466. The van der Waals surface area contributed by atoms with Crippen LogP contribution in [-0.2, 0) is 6.54 Å². The van der Waals surface area contributed by atoms with Gasteiger partial charge in [0.2, 0.25) is 0 Å². The van der Waals surface area contributed by atoms with Gasteiger partial charge in [-0.05, 0) is 15.9 Å². The molecule has 0 spiro atoms. The topological polar surface area (TPSA) is 68.4 Å². The molecule has 0 amide bonds. The molecule has 1 aliphatic rings. The second-order valence-electron chi connectivity index (χ2n) is 2.55. The first kappa shape index (κ1) is 8.31. The van der Waals surface area contributed by atoms with Crippen LogP contribution in [0.1, 0.15) is 11.3 Å². The van der Waals surface area contributed by atoms with E-state index >= 15 is 0 Å². The molecule has 2 rings (SSSR count). The smallest absolute Gasteiger partial charge is 0.271 e. The molecule has 0 fully saturated rings. The molecule has 0 saturated carbocycles. The molecule has 1 aromatic heterocycles. The monoisotopic (exact) mass is 241 g/mol. The minimum absolute atomic E-state index is 0.00667. The van der Waals surface area contributed by atoms with Crippen molar-refractivity contribution in [2.75, 3.05) is 0 Å². The van der Waals surface area contributed by atoms with Crippen LogP contribution in [-0.4, -0.2) is 14.5 Å². The van der Waals surface area contributed by atoms with Crippen LogP contribution in [0, 0.1) is 10.1 Å². The van der Waals surface area contributed by atoms with Crippen LogP contribution in [0.25, 0.3) is 0 Å². The molecule has 0 radical (unpaired) electrons. The summed E-state index contributed by atoms with van der Waals surface area (Å²) in [4.78, 5) is 17.9. The number of nitrogens with zero attached hydrogens (tertiary/aromatic N) is 3. The minimum Gasteiger partial charge on any atom is -0.271 e. The second kappa shape index (κ2) is 2.88. The molecule has 0 N–H and O–H groups in total. The van der Waals surface area contributed by atoms with Crippen LogP contribution < -0.4 is 0 Å². The Hall–Kier alpha value is -1.30. The lowest BCUT2D eigenvalue weighted by atomic mass is 10.2. The number of fused-ring (bicyclic) bond motifs is 1. The fourth-order valence-corrected chi connectivity index (χ4v) is 1.58. The van der Waals surface area contributed by atoms with Crippen LogP contribution in [0.2, 0.25) is 0 Å². The van der Waals surface area contributed by atoms with Crippen LogP contribution in [0.4, 0.5) is 5.69 Å². The second-order valence-corrected chi connectivity index (χ2v) is 3.30. The number of aromatic nitrogens is 1. The average molecular weight is 242 g/mol. The zero-order valence-corrected chi connectivity index (χ0v) is 7.98. The Kier molecular flexibility index (Phi) is 1.84. The molecule has 1 aliphatic heterocycles. The maximum absolute atomic E-state index is 10.4. The van der Waals surface area contributed by atoms with E-state index in [0.29, 0.717) is 16.7 Å². The van der Waals surface area contributed by atoms with Gasteiger partial charge in [-0.15, -0.1) is 0 Å². The Bertz CT molecular complexity index is 416. The third-order valence-corrected chi connectivity index (χ3v) is 2.43. The summed E-state index contributed by atoms with van der Waals surface area (Å²) in [5.74, 6) is 0. The van der Waals surface area contributed by atoms with Gasteiger partial charge in [0.1, 0.15) is 10.8 Å². The van der Waals surface area contributed by atoms with E-state index in [2.05, 4.69) is 25.9 Å². The molecule has 0 bridgehead atoms. The van der Waals surface area contributed by atoms with Crippen molar-refractivity contribution < 1.29 is 4.92 Å². The first-order valence-corrected chi connectivity index (χ1v) is 4.31. The lowest BCUT2D eigenvalue weighted by Gasteiger charge is -1.96. The molecule has 0 aliphatic carbocycles. The van der Waals surface area contributed by atoms with Gasteiger partial charge in [0.25, 0.3) is 5.69 Å². The molecule has 0 unspecified atom stereocenters. The van der Waals surface area contributed by atoms with Crippen LogP contribution in [0.15, 0.2) is 17.3 Å². The van der Waals surface area contributed by atoms with Gasteiger partial charge >= 0.3 is 0 Å². The molecule has 66 valence electrons. The lowest BCUT2D eigenvalue weighted by molar-refractivity contribution is -0.385. The van der Waals surface area contributed by atoms with E-state index in [1.54, 1.807) is 0 Å². The first-order chi connectivity index (χ1) is 6.18. The standard InChI is InChI=1S/C7H4BrN3O2/c8-7-5-1-4(11(12)13)2-9-6(5)3-10-7/h1-2H,3H2. The fourth-order valence-electron chi connectivity index (χ4n) is 1.12. The summed E-state index contributed by atoms with van der Waals surface area (Å²) in [5, 5.41) is 10.4. The molecule has 0 atom stereocenters. The quantitative estimate of drug-likeness (QED) is 0.555. The third kappa shape index (κ3) is 1.33. The van der Waals surface area contributed by atoms with Crippen LogP contribution >= 0.6 is 15.9 Å². The summed E-state index contributed by atoms with van der Waals surface area (Å²) in [6, 6.07) is 1.48. The van der Waals surface area contributed by atoms with Gasteiger partial charge in [-0.2, -0.15) is 0 Å². The van der Waals surface area contributed by atoms with Gasteiger partial charge in [-0.1, -0.05) is 0 Å². The van der Waals surface area contributed by atoms with Crippen molar-refractivity contribution in [2.24, 2.45) is 4.99 Å². The molecule has 1 aromatic rings. The Balaban J connectivity index is 2.53. The Morgan fingerprint density at radius 2 is 2.38 bits per heavy atom. The number of pyridine rings is 1. The maximum Gasteiger partial charge on any atom is 0.288 e. The summed E-state index contributed by atoms with van der Waals surface area (Å²) in [7, 11) is 0. The van der Waals surface area contributed by atoms with Crippen LogP contribution in [0.3, 0.4) is 0 Å². The van der Waals surface area contributed by atoms with Gasteiger partial charge in [0.05, 0.1) is 17.2 Å². The fraction of sp³-hybridized carbons (Fsp3) is 0.143. The Labute approximate surface area is 81.8 Å². The summed E-state index contributed by atoms with van der Waals surface area (Å²) >= 11 is 3.21. The van der Waals surface area contributed by atoms with E-state index in [4.69, 9.17) is 0 Å². The highest BCUT2D eigenvalue weighted by Gasteiger charge is 2.18. The number of halogens is 1. The Morgan fingerprint density at radius 1 is 1.62 bits per heavy atom. The van der Waals surface area contributed by atoms with Crippen molar-refractivity contribution >= 4 is 26.2 Å². The zero-order valence-electron chi connectivity index (χ0n) is 6.40. The number of nitro groups is 1. The van der Waals surface area contributed by atoms with Gasteiger partial charge in [0.15, 0.2) is 0 Å². The van der Waals surface area contributed by atoms with Crippen molar-refractivity contribution in [1.82, 2.24) is 4.98 Å². The van der Waals surface area contributed by atoms with E-state index < -0.39 is 4.92 Å². The van der Waals surface area contributed by atoms with Crippen molar-refractivity contribution in [3.8, 4) is 0 Å². The number of hydrogen-bond acceptors (Lipinski definition) is 4. The first-order valence-electron chi connectivity index (χ1n) is 3.52. The third-order valence-electron chi connectivity index (χ3n) is 1.76. The van der Waals surface area contributed by atoms with Gasteiger partial charge in [0, 0.05) is 11.6 Å². The highest BCUT2D eigenvalue weighted by molar-refractivity contribution is 9.18. The molecular weight excluding hydrogens is 238 g/mol. The highest BCUT2D eigenvalue weighted by Crippen LogP contribution is 2.23. The van der Waals surface area contributed by atoms with Gasteiger partial charge in [-0.3, -0.25) is 20.1 Å². The molecule has 0 aromatic carbocycles. The summed E-state index contributed by atoms with van der Waals surface area (Å²) in [6.45, 7) is 0.494. The van der Waals surface area contributed by atoms with Crippen molar-refractivity contribution in [1.29, 1.82) is 0 Å². The lowest BCUT2D eigenvalue weighted by Crippen LogP contribution is -1.96. The molecular formula is C7H4BrN3O2. The van der Waals surface area contributed by atoms with E-state index in [-0.39, 0.29) is 5.69 Å². The summed E-state index contributed by atoms with van der Waals surface area (Å²) in [5.41, 5.74) is 1.49. The predicted molar refractivity (Wildman–Crippen MR) is 50.1 cm³/mol.